The van der Waals surface area contributed by atoms with Gasteiger partial charge in [0.2, 0.25) is 0 Å². The molecule has 1 heteroatoms. The van der Waals surface area contributed by atoms with Gasteiger partial charge in [0.15, 0.2) is 0 Å². The first kappa shape index (κ1) is 13.0. The number of nitrogens with zero attached hydrogens (tertiary/aromatic N) is 1. The average Bonchev–Trinajstić information content (AvgIpc) is 2.50. The zero-order chi connectivity index (χ0) is 12.3. The monoisotopic (exact) mass is 217 g/mol. The fraction of sp³-hybridized carbons (Fsp3) is 0.667. The second kappa shape index (κ2) is 4.87. The van der Waals surface area contributed by atoms with Crippen LogP contribution < -0.4 is 0 Å². The maximum absolute atomic E-state index is 8.98. The summed E-state index contributed by atoms with van der Waals surface area (Å²) in [5.74, 6) is 1.00. The first-order chi connectivity index (χ1) is 7.45. The van der Waals surface area contributed by atoms with Crippen LogP contribution in [0.15, 0.2) is 23.3 Å². The van der Waals surface area contributed by atoms with E-state index in [0.717, 1.165) is 6.42 Å². The summed E-state index contributed by atoms with van der Waals surface area (Å²) in [4.78, 5) is 0. The summed E-state index contributed by atoms with van der Waals surface area (Å²) >= 11 is 0. The highest BCUT2D eigenvalue weighted by molar-refractivity contribution is 5.22. The van der Waals surface area contributed by atoms with Crippen LogP contribution in [-0.2, 0) is 0 Å². The molecule has 0 fully saturated rings. The minimum atomic E-state index is 0.242. The van der Waals surface area contributed by atoms with Crippen molar-refractivity contribution in [1.29, 1.82) is 5.26 Å². The lowest BCUT2D eigenvalue weighted by Crippen LogP contribution is -2.28. The number of rotatable bonds is 3. The third-order valence-corrected chi connectivity index (χ3v) is 4.46. The van der Waals surface area contributed by atoms with Gasteiger partial charge in [0.1, 0.15) is 0 Å². The molecule has 0 heterocycles. The lowest BCUT2D eigenvalue weighted by atomic mass is 9.68. The van der Waals surface area contributed by atoms with E-state index in [2.05, 4.69) is 52.8 Å². The van der Waals surface area contributed by atoms with Crippen LogP contribution in [0.4, 0.5) is 0 Å². The zero-order valence-corrected chi connectivity index (χ0v) is 11.2. The molecule has 0 aromatic carbocycles. The largest absolute Gasteiger partial charge is 0.198 e. The second-order valence-electron chi connectivity index (χ2n) is 5.45. The van der Waals surface area contributed by atoms with Gasteiger partial charge in [-0.3, -0.25) is 0 Å². The third-order valence-electron chi connectivity index (χ3n) is 4.46. The Labute approximate surface area is 99.9 Å². The van der Waals surface area contributed by atoms with Crippen molar-refractivity contribution in [3.05, 3.63) is 23.3 Å². The summed E-state index contributed by atoms with van der Waals surface area (Å²) in [5, 5.41) is 8.98. The summed E-state index contributed by atoms with van der Waals surface area (Å²) in [6.07, 6.45) is 6.27. The maximum atomic E-state index is 8.98. The van der Waals surface area contributed by atoms with Crippen LogP contribution in [0.5, 0.6) is 0 Å². The highest BCUT2D eigenvalue weighted by Gasteiger charge is 2.39. The first-order valence-corrected chi connectivity index (χ1v) is 6.12. The topological polar surface area (TPSA) is 23.8 Å². The van der Waals surface area contributed by atoms with Crippen LogP contribution >= 0.6 is 0 Å². The van der Waals surface area contributed by atoms with Crippen LogP contribution in [0.2, 0.25) is 0 Å². The molecule has 0 N–H and O–H groups in total. The standard InChI is InChI=1S/C15H23N/c1-6-11(2)13(9-10-16)14-8-7-12(3)15(14,4)5/h6-7,13-14H,8-9H2,1-5H3. The molecule has 0 radical (unpaired) electrons. The molecule has 0 amide bonds. The zero-order valence-electron chi connectivity index (χ0n) is 11.2. The van der Waals surface area contributed by atoms with Crippen molar-refractivity contribution >= 4 is 0 Å². The van der Waals surface area contributed by atoms with E-state index in [4.69, 9.17) is 5.26 Å². The Balaban J connectivity index is 2.95. The van der Waals surface area contributed by atoms with Gasteiger partial charge in [-0.15, -0.1) is 0 Å². The minimum Gasteiger partial charge on any atom is -0.198 e. The second-order valence-corrected chi connectivity index (χ2v) is 5.45. The SMILES string of the molecule is CC=C(C)C(CC#N)C1CC=C(C)C1(C)C. The third kappa shape index (κ3) is 2.21. The smallest absolute Gasteiger partial charge is 0.0628 e. The van der Waals surface area contributed by atoms with E-state index in [-0.39, 0.29) is 5.41 Å². The number of nitriles is 1. The summed E-state index contributed by atoms with van der Waals surface area (Å²) < 4.78 is 0. The molecule has 2 atom stereocenters. The van der Waals surface area contributed by atoms with Gasteiger partial charge in [-0.05, 0) is 44.4 Å². The van der Waals surface area contributed by atoms with Gasteiger partial charge in [-0.25, -0.2) is 0 Å². The van der Waals surface area contributed by atoms with E-state index in [1.54, 1.807) is 0 Å². The molecule has 88 valence electrons. The van der Waals surface area contributed by atoms with Crippen molar-refractivity contribution in [3.63, 3.8) is 0 Å². The predicted octanol–water partition coefficient (Wildman–Crippen LogP) is 4.47. The fourth-order valence-corrected chi connectivity index (χ4v) is 2.75. The molecule has 0 aromatic heterocycles. The van der Waals surface area contributed by atoms with E-state index in [0.29, 0.717) is 18.3 Å². The van der Waals surface area contributed by atoms with Crippen molar-refractivity contribution in [2.45, 2.75) is 47.5 Å². The summed E-state index contributed by atoms with van der Waals surface area (Å²) in [6.45, 7) is 11.1. The van der Waals surface area contributed by atoms with Crippen LogP contribution in [0.3, 0.4) is 0 Å². The van der Waals surface area contributed by atoms with Crippen LogP contribution in [0.1, 0.15) is 47.5 Å². The predicted molar refractivity (Wildman–Crippen MR) is 68.8 cm³/mol. The molecule has 0 aromatic rings. The molecule has 0 saturated heterocycles. The molecular formula is C15H23N. The van der Waals surface area contributed by atoms with Crippen molar-refractivity contribution in [3.8, 4) is 6.07 Å². The normalized spacial score (nSPS) is 26.1. The van der Waals surface area contributed by atoms with Crippen LogP contribution in [0, 0.1) is 28.6 Å². The fourth-order valence-electron chi connectivity index (χ4n) is 2.75. The molecule has 0 aliphatic heterocycles. The lowest BCUT2D eigenvalue weighted by molar-refractivity contribution is 0.222. The van der Waals surface area contributed by atoms with Crippen molar-refractivity contribution in [2.24, 2.45) is 17.3 Å². The Morgan fingerprint density at radius 3 is 2.69 bits per heavy atom. The van der Waals surface area contributed by atoms with Gasteiger partial charge in [0.05, 0.1) is 6.07 Å². The highest BCUT2D eigenvalue weighted by Crippen LogP contribution is 2.49. The first-order valence-electron chi connectivity index (χ1n) is 6.12. The van der Waals surface area contributed by atoms with Gasteiger partial charge in [-0.2, -0.15) is 5.26 Å². The number of allylic oxidation sites excluding steroid dienone is 4. The van der Waals surface area contributed by atoms with Crippen molar-refractivity contribution in [2.75, 3.05) is 0 Å². The van der Waals surface area contributed by atoms with E-state index < -0.39 is 0 Å². The molecule has 1 aliphatic rings. The molecule has 1 nitrogen and oxygen atoms in total. The van der Waals surface area contributed by atoms with E-state index in [9.17, 15) is 0 Å². The molecule has 2 unspecified atom stereocenters. The molecule has 16 heavy (non-hydrogen) atoms. The lowest BCUT2D eigenvalue weighted by Gasteiger charge is -2.35. The molecule has 0 saturated carbocycles. The summed E-state index contributed by atoms with van der Waals surface area (Å²) in [6, 6.07) is 2.35. The summed E-state index contributed by atoms with van der Waals surface area (Å²) in [7, 11) is 0. The minimum absolute atomic E-state index is 0.242. The van der Waals surface area contributed by atoms with E-state index in [1.807, 2.05) is 0 Å². The van der Waals surface area contributed by atoms with Gasteiger partial charge in [0.25, 0.3) is 0 Å². The van der Waals surface area contributed by atoms with E-state index in [1.165, 1.54) is 11.1 Å². The Hall–Kier alpha value is -1.03. The Morgan fingerprint density at radius 1 is 1.69 bits per heavy atom. The van der Waals surface area contributed by atoms with E-state index >= 15 is 0 Å². The average molecular weight is 217 g/mol. The molecular weight excluding hydrogens is 194 g/mol. The van der Waals surface area contributed by atoms with Crippen molar-refractivity contribution in [1.82, 2.24) is 0 Å². The summed E-state index contributed by atoms with van der Waals surface area (Å²) in [5.41, 5.74) is 3.08. The van der Waals surface area contributed by atoms with Gasteiger partial charge < -0.3 is 0 Å². The number of hydrogen-bond acceptors (Lipinski definition) is 1. The van der Waals surface area contributed by atoms with Crippen LogP contribution in [-0.4, -0.2) is 0 Å². The number of hydrogen-bond donors (Lipinski definition) is 0. The molecule has 1 rings (SSSR count). The van der Waals surface area contributed by atoms with Gasteiger partial charge in [0, 0.05) is 6.42 Å². The quantitative estimate of drug-likeness (QED) is 0.640. The molecule has 1 aliphatic carbocycles. The molecule has 0 bridgehead atoms. The van der Waals surface area contributed by atoms with Gasteiger partial charge in [-0.1, -0.05) is 37.1 Å². The Morgan fingerprint density at radius 2 is 2.31 bits per heavy atom. The Bertz CT molecular complexity index is 352. The van der Waals surface area contributed by atoms with Crippen LogP contribution in [0.25, 0.3) is 0 Å². The van der Waals surface area contributed by atoms with Crippen molar-refractivity contribution < 1.29 is 0 Å². The maximum Gasteiger partial charge on any atom is 0.0628 e. The van der Waals surface area contributed by atoms with Gasteiger partial charge >= 0.3 is 0 Å². The Kier molecular flexibility index (Phi) is 3.97. The molecule has 0 spiro atoms. The highest BCUT2D eigenvalue weighted by atomic mass is 14.4.